The highest BCUT2D eigenvalue weighted by Crippen LogP contribution is 2.20. The molecule has 1 aromatic heterocycles. The number of aromatic nitrogens is 2. The second-order valence-corrected chi connectivity index (χ2v) is 6.03. The van der Waals surface area contributed by atoms with Gasteiger partial charge >= 0.3 is 0 Å². The summed E-state index contributed by atoms with van der Waals surface area (Å²) in [6.45, 7) is 0.0938. The summed E-state index contributed by atoms with van der Waals surface area (Å²) in [7, 11) is -2.22. The van der Waals surface area contributed by atoms with Crippen LogP contribution in [0.4, 0.5) is 5.69 Å². The third-order valence-electron chi connectivity index (χ3n) is 2.60. The lowest BCUT2D eigenvalue weighted by Gasteiger charge is -2.09. The molecule has 0 aliphatic rings. The maximum absolute atomic E-state index is 12.1. The molecule has 0 saturated heterocycles. The average molecular weight is 301 g/mol. The van der Waals surface area contributed by atoms with E-state index in [1.165, 1.54) is 17.9 Å². The van der Waals surface area contributed by atoms with Gasteiger partial charge in [0.05, 0.1) is 11.2 Å². The predicted octanol–water partition coefficient (Wildman–Crippen LogP) is 1.13. The van der Waals surface area contributed by atoms with E-state index < -0.39 is 10.0 Å². The van der Waals surface area contributed by atoms with Crippen LogP contribution in [0.25, 0.3) is 0 Å². The second kappa shape index (κ2) is 5.20. The summed E-state index contributed by atoms with van der Waals surface area (Å²) < 4.78 is 27.9. The molecule has 0 amide bonds. The van der Waals surface area contributed by atoms with Crippen LogP contribution < -0.4 is 10.5 Å². The van der Waals surface area contributed by atoms with Crippen LogP contribution in [0.3, 0.4) is 0 Å². The van der Waals surface area contributed by atoms with Crippen LogP contribution in [-0.4, -0.2) is 18.2 Å². The minimum Gasteiger partial charge on any atom is -0.398 e. The Morgan fingerprint density at radius 1 is 1.42 bits per heavy atom. The molecule has 2 rings (SSSR count). The summed E-state index contributed by atoms with van der Waals surface area (Å²) in [5.74, 6) is 0. The number of aryl methyl sites for hydroxylation is 1. The number of hydrogen-bond acceptors (Lipinski definition) is 4. The van der Waals surface area contributed by atoms with E-state index in [4.69, 9.17) is 17.3 Å². The molecule has 0 saturated carbocycles. The third-order valence-corrected chi connectivity index (χ3v) is 4.51. The summed E-state index contributed by atoms with van der Waals surface area (Å²) in [6, 6.07) is 7.03. The number of sulfonamides is 1. The minimum absolute atomic E-state index is 0.0660. The standard InChI is InChI=1S/C11H13ClN4O2S/c1-16-11(9(12)7-14-16)19(17,18)15-6-8-4-2-3-5-10(8)13/h2-5,7,15H,6,13H2,1H3. The monoisotopic (exact) mass is 300 g/mol. The van der Waals surface area contributed by atoms with Gasteiger partial charge in [0.2, 0.25) is 0 Å². The van der Waals surface area contributed by atoms with Crippen molar-refractivity contribution in [2.24, 2.45) is 7.05 Å². The van der Waals surface area contributed by atoms with Crippen LogP contribution >= 0.6 is 11.6 Å². The van der Waals surface area contributed by atoms with Crippen molar-refractivity contribution in [3.8, 4) is 0 Å². The van der Waals surface area contributed by atoms with E-state index in [-0.39, 0.29) is 16.6 Å². The lowest BCUT2D eigenvalue weighted by Crippen LogP contribution is -2.26. The Balaban J connectivity index is 2.22. The van der Waals surface area contributed by atoms with E-state index >= 15 is 0 Å². The number of hydrogen-bond donors (Lipinski definition) is 2. The van der Waals surface area contributed by atoms with Crippen molar-refractivity contribution in [2.45, 2.75) is 11.6 Å². The number of benzene rings is 1. The van der Waals surface area contributed by atoms with Gasteiger partial charge in [0.15, 0.2) is 5.03 Å². The Hall–Kier alpha value is -1.57. The highest BCUT2D eigenvalue weighted by Gasteiger charge is 2.22. The van der Waals surface area contributed by atoms with Gasteiger partial charge in [-0.15, -0.1) is 0 Å². The summed E-state index contributed by atoms with van der Waals surface area (Å²) >= 11 is 5.82. The average Bonchev–Trinajstić information content (AvgIpc) is 2.69. The molecule has 0 aliphatic carbocycles. The van der Waals surface area contributed by atoms with Gasteiger partial charge in [-0.05, 0) is 11.6 Å². The molecule has 102 valence electrons. The molecular weight excluding hydrogens is 288 g/mol. The zero-order chi connectivity index (χ0) is 14.0. The Bertz CT molecular complexity index is 677. The number of nitrogens with two attached hydrogens (primary N) is 1. The van der Waals surface area contributed by atoms with Crippen molar-refractivity contribution in [3.63, 3.8) is 0 Å². The molecule has 8 heteroatoms. The molecule has 6 nitrogen and oxygen atoms in total. The molecule has 0 bridgehead atoms. The first kappa shape index (κ1) is 13.9. The van der Waals surface area contributed by atoms with E-state index in [2.05, 4.69) is 9.82 Å². The molecule has 0 radical (unpaired) electrons. The van der Waals surface area contributed by atoms with Gasteiger partial charge in [-0.1, -0.05) is 29.8 Å². The molecular formula is C11H13ClN4O2S. The van der Waals surface area contributed by atoms with Gasteiger partial charge in [0, 0.05) is 19.3 Å². The van der Waals surface area contributed by atoms with E-state index in [0.29, 0.717) is 11.3 Å². The van der Waals surface area contributed by atoms with Crippen molar-refractivity contribution in [1.82, 2.24) is 14.5 Å². The highest BCUT2D eigenvalue weighted by molar-refractivity contribution is 7.89. The van der Waals surface area contributed by atoms with E-state index in [1.54, 1.807) is 24.3 Å². The molecule has 0 unspecified atom stereocenters. The van der Waals surface area contributed by atoms with Crippen molar-refractivity contribution in [1.29, 1.82) is 0 Å². The zero-order valence-corrected chi connectivity index (χ0v) is 11.7. The van der Waals surface area contributed by atoms with E-state index in [0.717, 1.165) is 0 Å². The first-order valence-electron chi connectivity index (χ1n) is 5.42. The summed E-state index contributed by atoms with van der Waals surface area (Å²) in [5.41, 5.74) is 6.98. The number of nitrogens with one attached hydrogen (secondary N) is 1. The SMILES string of the molecule is Cn1ncc(Cl)c1S(=O)(=O)NCc1ccccc1N. The smallest absolute Gasteiger partial charge is 0.259 e. The number of halogens is 1. The maximum Gasteiger partial charge on any atom is 0.259 e. The van der Waals surface area contributed by atoms with Crippen molar-refractivity contribution < 1.29 is 8.42 Å². The van der Waals surface area contributed by atoms with Gasteiger partial charge in [0.25, 0.3) is 10.0 Å². The first-order chi connectivity index (χ1) is 8.92. The molecule has 2 aromatic rings. The predicted molar refractivity (Wildman–Crippen MR) is 73.1 cm³/mol. The Labute approximate surface area is 116 Å². The van der Waals surface area contributed by atoms with Crippen molar-refractivity contribution >= 4 is 27.3 Å². The first-order valence-corrected chi connectivity index (χ1v) is 7.28. The lowest BCUT2D eigenvalue weighted by atomic mass is 10.2. The van der Waals surface area contributed by atoms with Crippen LogP contribution in [0, 0.1) is 0 Å². The minimum atomic E-state index is -3.73. The zero-order valence-electron chi connectivity index (χ0n) is 10.2. The van der Waals surface area contributed by atoms with Crippen LogP contribution in [0.2, 0.25) is 5.02 Å². The molecule has 19 heavy (non-hydrogen) atoms. The molecule has 0 fully saturated rings. The largest absolute Gasteiger partial charge is 0.398 e. The second-order valence-electron chi connectivity index (χ2n) is 3.94. The molecule has 1 heterocycles. The molecule has 0 spiro atoms. The fraction of sp³-hybridized carbons (Fsp3) is 0.182. The fourth-order valence-electron chi connectivity index (χ4n) is 1.64. The van der Waals surface area contributed by atoms with Gasteiger partial charge in [-0.3, -0.25) is 4.68 Å². The van der Waals surface area contributed by atoms with Crippen molar-refractivity contribution in [3.05, 3.63) is 41.0 Å². The quantitative estimate of drug-likeness (QED) is 0.828. The number of para-hydroxylation sites is 1. The summed E-state index contributed by atoms with van der Waals surface area (Å²) in [4.78, 5) is 0. The van der Waals surface area contributed by atoms with E-state index in [1.807, 2.05) is 0 Å². The molecule has 1 aromatic carbocycles. The fourth-order valence-corrected chi connectivity index (χ4v) is 3.30. The number of anilines is 1. The van der Waals surface area contributed by atoms with Crippen LogP contribution in [0.1, 0.15) is 5.56 Å². The highest BCUT2D eigenvalue weighted by atomic mass is 35.5. The van der Waals surface area contributed by atoms with Gasteiger partial charge in [-0.2, -0.15) is 5.10 Å². The molecule has 0 atom stereocenters. The Morgan fingerprint density at radius 2 is 2.11 bits per heavy atom. The third kappa shape index (κ3) is 2.89. The van der Waals surface area contributed by atoms with E-state index in [9.17, 15) is 8.42 Å². The van der Waals surface area contributed by atoms with Crippen molar-refractivity contribution in [2.75, 3.05) is 5.73 Å². The molecule has 0 aliphatic heterocycles. The van der Waals surface area contributed by atoms with Crippen LogP contribution in [0.15, 0.2) is 35.5 Å². The van der Waals surface area contributed by atoms with Gasteiger partial charge in [0.1, 0.15) is 0 Å². The van der Waals surface area contributed by atoms with Crippen LogP contribution in [0.5, 0.6) is 0 Å². The Kier molecular flexibility index (Phi) is 3.79. The molecule has 3 N–H and O–H groups in total. The van der Waals surface area contributed by atoms with Crippen LogP contribution in [-0.2, 0) is 23.6 Å². The lowest BCUT2D eigenvalue weighted by molar-refractivity contribution is 0.563. The maximum atomic E-state index is 12.1. The van der Waals surface area contributed by atoms with Gasteiger partial charge < -0.3 is 5.73 Å². The number of nitrogens with zero attached hydrogens (tertiary/aromatic N) is 2. The summed E-state index contributed by atoms with van der Waals surface area (Å²) in [6.07, 6.45) is 1.28. The topological polar surface area (TPSA) is 90.0 Å². The summed E-state index contributed by atoms with van der Waals surface area (Å²) in [5, 5.41) is 3.81. The van der Waals surface area contributed by atoms with Gasteiger partial charge in [-0.25, -0.2) is 13.1 Å². The Morgan fingerprint density at radius 3 is 2.68 bits per heavy atom. The number of rotatable bonds is 4. The number of nitrogen functional groups attached to an aromatic ring is 1. The normalized spacial score (nSPS) is 11.7.